The summed E-state index contributed by atoms with van der Waals surface area (Å²) >= 11 is 0. The summed E-state index contributed by atoms with van der Waals surface area (Å²) in [4.78, 5) is 26.5. The molecule has 0 aliphatic heterocycles. The Bertz CT molecular complexity index is 751. The average molecular weight is 416 g/mol. The number of carbonyl (C=O) groups is 2. The van der Waals surface area contributed by atoms with E-state index in [1.807, 2.05) is 0 Å². The van der Waals surface area contributed by atoms with Crippen molar-refractivity contribution in [3.63, 3.8) is 0 Å². The number of amides is 2. The number of carbonyl (C=O) groups excluding carboxylic acids is 2. The minimum atomic E-state index is -3.54. The van der Waals surface area contributed by atoms with Crippen LogP contribution in [-0.4, -0.2) is 80.7 Å². The van der Waals surface area contributed by atoms with Crippen molar-refractivity contribution in [2.45, 2.75) is 25.9 Å². The van der Waals surface area contributed by atoms with E-state index in [0.717, 1.165) is 16.1 Å². The van der Waals surface area contributed by atoms with Crippen LogP contribution >= 0.6 is 0 Å². The van der Waals surface area contributed by atoms with Crippen molar-refractivity contribution in [1.29, 1.82) is 0 Å². The lowest BCUT2D eigenvalue weighted by Gasteiger charge is -2.30. The second kappa shape index (κ2) is 11.0. The SMILES string of the molecule is COc1ccc(CN(C(=O)CN(C)S(C)(=O)=O)[C@H](C)C(=O)NCCCO)cc1. The Morgan fingerprint density at radius 1 is 1.25 bits per heavy atom. The van der Waals surface area contributed by atoms with Gasteiger partial charge in [-0.15, -0.1) is 0 Å². The molecule has 1 rings (SSSR count). The highest BCUT2D eigenvalue weighted by Gasteiger charge is 2.28. The molecule has 1 aromatic carbocycles. The summed E-state index contributed by atoms with van der Waals surface area (Å²) in [6.45, 7) is 1.57. The van der Waals surface area contributed by atoms with E-state index in [0.29, 0.717) is 12.2 Å². The molecule has 0 unspecified atom stereocenters. The number of benzene rings is 1. The van der Waals surface area contributed by atoms with Crippen molar-refractivity contribution < 1.29 is 27.9 Å². The van der Waals surface area contributed by atoms with Crippen molar-refractivity contribution in [3.8, 4) is 5.75 Å². The van der Waals surface area contributed by atoms with Crippen LogP contribution in [0.2, 0.25) is 0 Å². The number of rotatable bonds is 11. The van der Waals surface area contributed by atoms with E-state index in [1.54, 1.807) is 38.3 Å². The summed E-state index contributed by atoms with van der Waals surface area (Å²) in [7, 11) is -0.679. The zero-order valence-electron chi connectivity index (χ0n) is 16.7. The van der Waals surface area contributed by atoms with Crippen LogP contribution in [0.1, 0.15) is 18.9 Å². The molecule has 0 aliphatic carbocycles. The van der Waals surface area contributed by atoms with Gasteiger partial charge in [0.2, 0.25) is 21.8 Å². The minimum absolute atomic E-state index is 0.0533. The molecule has 0 bridgehead atoms. The summed E-state index contributed by atoms with van der Waals surface area (Å²) in [5.41, 5.74) is 0.770. The van der Waals surface area contributed by atoms with E-state index in [4.69, 9.17) is 9.84 Å². The molecule has 1 atom stereocenters. The highest BCUT2D eigenvalue weighted by Crippen LogP contribution is 2.15. The number of aliphatic hydroxyl groups is 1. The fraction of sp³-hybridized carbons (Fsp3) is 0.556. The molecule has 0 fully saturated rings. The van der Waals surface area contributed by atoms with Crippen LogP contribution in [0.15, 0.2) is 24.3 Å². The second-order valence-electron chi connectivity index (χ2n) is 6.43. The second-order valence-corrected chi connectivity index (χ2v) is 8.52. The van der Waals surface area contributed by atoms with Gasteiger partial charge in [0, 0.05) is 26.7 Å². The Balaban J connectivity index is 3.00. The minimum Gasteiger partial charge on any atom is -0.497 e. The average Bonchev–Trinajstić information content (AvgIpc) is 2.65. The molecule has 9 nitrogen and oxygen atoms in total. The first-order chi connectivity index (χ1) is 13.1. The topological polar surface area (TPSA) is 116 Å². The Hall–Kier alpha value is -2.17. The standard InChI is InChI=1S/C18H29N3O6S/c1-14(18(24)19-10-5-11-22)21(17(23)13-20(2)28(4,25)26)12-15-6-8-16(27-3)9-7-15/h6-9,14,22H,5,10-13H2,1-4H3,(H,19,24)/t14-/m1/s1. The number of sulfonamides is 1. The van der Waals surface area contributed by atoms with Gasteiger partial charge >= 0.3 is 0 Å². The lowest BCUT2D eigenvalue weighted by Crippen LogP contribution is -2.50. The summed E-state index contributed by atoms with van der Waals surface area (Å²) < 4.78 is 29.3. The number of likely N-dealkylation sites (N-methyl/N-ethyl adjacent to an activating group) is 1. The Morgan fingerprint density at radius 2 is 1.86 bits per heavy atom. The third-order valence-corrected chi connectivity index (χ3v) is 5.50. The van der Waals surface area contributed by atoms with Gasteiger partial charge in [0.05, 0.1) is 19.9 Å². The summed E-state index contributed by atoms with van der Waals surface area (Å²) in [5, 5.41) is 11.5. The van der Waals surface area contributed by atoms with E-state index in [2.05, 4.69) is 5.32 Å². The molecule has 10 heteroatoms. The van der Waals surface area contributed by atoms with Crippen LogP contribution in [0.5, 0.6) is 5.75 Å². The zero-order valence-corrected chi connectivity index (χ0v) is 17.5. The number of ether oxygens (including phenoxy) is 1. The largest absolute Gasteiger partial charge is 0.497 e. The zero-order chi connectivity index (χ0) is 21.3. The van der Waals surface area contributed by atoms with E-state index < -0.39 is 22.0 Å². The van der Waals surface area contributed by atoms with Gasteiger partial charge in [-0.05, 0) is 31.0 Å². The molecule has 2 amide bonds. The molecule has 28 heavy (non-hydrogen) atoms. The Morgan fingerprint density at radius 3 is 2.36 bits per heavy atom. The smallest absolute Gasteiger partial charge is 0.242 e. The maximum atomic E-state index is 12.8. The van der Waals surface area contributed by atoms with E-state index in [9.17, 15) is 18.0 Å². The highest BCUT2D eigenvalue weighted by molar-refractivity contribution is 7.88. The first-order valence-corrected chi connectivity index (χ1v) is 10.7. The lowest BCUT2D eigenvalue weighted by atomic mass is 10.1. The monoisotopic (exact) mass is 415 g/mol. The quantitative estimate of drug-likeness (QED) is 0.484. The van der Waals surface area contributed by atoms with Crippen LogP contribution < -0.4 is 10.1 Å². The third-order valence-electron chi connectivity index (χ3n) is 4.24. The van der Waals surface area contributed by atoms with E-state index in [-0.39, 0.29) is 32.1 Å². The molecule has 0 heterocycles. The number of hydrogen-bond donors (Lipinski definition) is 2. The van der Waals surface area contributed by atoms with Crippen LogP contribution in [0.3, 0.4) is 0 Å². The van der Waals surface area contributed by atoms with Gasteiger partial charge in [0.25, 0.3) is 0 Å². The molecule has 0 aliphatic rings. The molecular formula is C18H29N3O6S. The molecule has 0 saturated carbocycles. The summed E-state index contributed by atoms with van der Waals surface area (Å²) in [6.07, 6.45) is 1.42. The van der Waals surface area contributed by atoms with Crippen molar-refractivity contribution in [2.24, 2.45) is 0 Å². The molecule has 1 aromatic rings. The molecule has 2 N–H and O–H groups in total. The summed E-state index contributed by atoms with van der Waals surface area (Å²) in [6, 6.07) is 6.21. The molecule has 0 aromatic heterocycles. The van der Waals surface area contributed by atoms with Gasteiger partial charge in [0.15, 0.2) is 0 Å². The fourth-order valence-electron chi connectivity index (χ4n) is 2.35. The van der Waals surface area contributed by atoms with Crippen molar-refractivity contribution in [3.05, 3.63) is 29.8 Å². The first kappa shape index (κ1) is 23.9. The predicted octanol–water partition coefficient (Wildman–Crippen LogP) is -0.198. The van der Waals surface area contributed by atoms with Crippen LogP contribution in [0.4, 0.5) is 0 Å². The predicted molar refractivity (Wildman–Crippen MR) is 105 cm³/mol. The van der Waals surface area contributed by atoms with Crippen molar-refractivity contribution in [2.75, 3.05) is 40.1 Å². The highest BCUT2D eigenvalue weighted by atomic mass is 32.2. The van der Waals surface area contributed by atoms with Crippen LogP contribution in [-0.2, 0) is 26.2 Å². The van der Waals surface area contributed by atoms with Gasteiger partial charge in [-0.2, -0.15) is 4.31 Å². The third kappa shape index (κ3) is 7.45. The normalized spacial score (nSPS) is 12.5. The Labute approximate surface area is 166 Å². The lowest BCUT2D eigenvalue weighted by molar-refractivity contribution is -0.140. The molecular weight excluding hydrogens is 386 g/mol. The Kier molecular flexibility index (Phi) is 9.36. The number of aliphatic hydroxyl groups excluding tert-OH is 1. The first-order valence-electron chi connectivity index (χ1n) is 8.82. The number of nitrogens with zero attached hydrogens (tertiary/aromatic N) is 2. The van der Waals surface area contributed by atoms with Gasteiger partial charge in [-0.25, -0.2) is 8.42 Å². The van der Waals surface area contributed by atoms with Gasteiger partial charge in [-0.3, -0.25) is 9.59 Å². The van der Waals surface area contributed by atoms with Crippen LogP contribution in [0, 0.1) is 0 Å². The van der Waals surface area contributed by atoms with E-state index >= 15 is 0 Å². The van der Waals surface area contributed by atoms with Gasteiger partial charge in [0.1, 0.15) is 11.8 Å². The fourth-order valence-corrected chi connectivity index (χ4v) is 2.69. The molecule has 0 spiro atoms. The molecule has 0 radical (unpaired) electrons. The van der Waals surface area contributed by atoms with Gasteiger partial charge in [-0.1, -0.05) is 12.1 Å². The maximum absolute atomic E-state index is 12.8. The molecule has 0 saturated heterocycles. The number of methoxy groups -OCH3 is 1. The maximum Gasteiger partial charge on any atom is 0.242 e. The van der Waals surface area contributed by atoms with Gasteiger partial charge < -0.3 is 20.1 Å². The van der Waals surface area contributed by atoms with Crippen molar-refractivity contribution in [1.82, 2.24) is 14.5 Å². The summed E-state index contributed by atoms with van der Waals surface area (Å²) in [5.74, 6) is -0.209. The molecule has 158 valence electrons. The van der Waals surface area contributed by atoms with Crippen LogP contribution in [0.25, 0.3) is 0 Å². The number of hydrogen-bond acceptors (Lipinski definition) is 6. The van der Waals surface area contributed by atoms with E-state index in [1.165, 1.54) is 11.9 Å². The number of nitrogens with one attached hydrogen (secondary N) is 1. The van der Waals surface area contributed by atoms with Crippen molar-refractivity contribution >= 4 is 21.8 Å².